The standard InChI is InChI=1S/C18H19FN4O/c1-11-9-14(17(24)21-13-8-6-5-7-12(13)19)23-16(20-11)10-15(22-23)18(2,3)4/h5-10H,1-4H3,(H,21,24). The van der Waals surface area contributed by atoms with Crippen molar-refractivity contribution in [3.8, 4) is 0 Å². The Kier molecular flexibility index (Phi) is 3.83. The Balaban J connectivity index is 2.06. The van der Waals surface area contributed by atoms with Crippen LogP contribution in [0.25, 0.3) is 5.65 Å². The van der Waals surface area contributed by atoms with Crippen molar-refractivity contribution < 1.29 is 9.18 Å². The Morgan fingerprint density at radius 3 is 2.58 bits per heavy atom. The molecule has 0 unspecified atom stereocenters. The zero-order valence-electron chi connectivity index (χ0n) is 14.1. The van der Waals surface area contributed by atoms with Gasteiger partial charge in [-0.2, -0.15) is 5.10 Å². The second-order valence-electron chi connectivity index (χ2n) is 6.77. The first-order valence-corrected chi connectivity index (χ1v) is 7.69. The van der Waals surface area contributed by atoms with Gasteiger partial charge in [-0.25, -0.2) is 13.9 Å². The molecule has 1 aromatic carbocycles. The van der Waals surface area contributed by atoms with E-state index in [0.29, 0.717) is 17.0 Å². The van der Waals surface area contributed by atoms with Gasteiger partial charge in [0.2, 0.25) is 0 Å². The Hall–Kier alpha value is -2.76. The molecule has 0 aliphatic rings. The minimum Gasteiger partial charge on any atom is -0.318 e. The molecule has 5 nitrogen and oxygen atoms in total. The van der Waals surface area contributed by atoms with Crippen molar-refractivity contribution in [2.24, 2.45) is 0 Å². The molecular weight excluding hydrogens is 307 g/mol. The summed E-state index contributed by atoms with van der Waals surface area (Å²) < 4.78 is 15.3. The molecular formula is C18H19FN4O. The lowest BCUT2D eigenvalue weighted by Crippen LogP contribution is -2.19. The maximum absolute atomic E-state index is 13.8. The highest BCUT2D eigenvalue weighted by Crippen LogP contribution is 2.23. The number of aromatic nitrogens is 3. The summed E-state index contributed by atoms with van der Waals surface area (Å²) in [4.78, 5) is 17.0. The number of amides is 1. The monoisotopic (exact) mass is 326 g/mol. The quantitative estimate of drug-likeness (QED) is 0.780. The van der Waals surface area contributed by atoms with Gasteiger partial charge < -0.3 is 5.32 Å². The average molecular weight is 326 g/mol. The average Bonchev–Trinajstić information content (AvgIpc) is 2.92. The summed E-state index contributed by atoms with van der Waals surface area (Å²) in [6.45, 7) is 7.94. The predicted octanol–water partition coefficient (Wildman–Crippen LogP) is 3.73. The molecule has 0 aliphatic carbocycles. The van der Waals surface area contributed by atoms with Crippen molar-refractivity contribution in [1.29, 1.82) is 0 Å². The number of carbonyl (C=O) groups is 1. The molecule has 0 saturated heterocycles. The molecule has 0 fully saturated rings. The SMILES string of the molecule is Cc1cc(C(=O)Nc2ccccc2F)n2nc(C(C)(C)C)cc2n1. The third-order valence-corrected chi connectivity index (χ3v) is 3.68. The summed E-state index contributed by atoms with van der Waals surface area (Å²) in [6, 6.07) is 9.56. The van der Waals surface area contributed by atoms with Gasteiger partial charge in [0.25, 0.3) is 5.91 Å². The van der Waals surface area contributed by atoms with E-state index in [1.54, 1.807) is 18.2 Å². The molecule has 0 radical (unpaired) electrons. The van der Waals surface area contributed by atoms with Gasteiger partial charge in [0.15, 0.2) is 5.65 Å². The van der Waals surface area contributed by atoms with E-state index in [1.165, 1.54) is 16.6 Å². The number of hydrogen-bond acceptors (Lipinski definition) is 3. The number of anilines is 1. The Morgan fingerprint density at radius 2 is 1.92 bits per heavy atom. The molecule has 0 atom stereocenters. The van der Waals surface area contributed by atoms with Crippen molar-refractivity contribution in [2.45, 2.75) is 33.1 Å². The number of para-hydroxylation sites is 1. The highest BCUT2D eigenvalue weighted by atomic mass is 19.1. The number of nitrogens with one attached hydrogen (secondary N) is 1. The van der Waals surface area contributed by atoms with Crippen molar-refractivity contribution >= 4 is 17.2 Å². The number of aryl methyl sites for hydroxylation is 1. The molecule has 0 aliphatic heterocycles. The minimum atomic E-state index is -0.483. The lowest BCUT2D eigenvalue weighted by molar-refractivity contribution is 0.101. The third kappa shape index (κ3) is 2.99. The summed E-state index contributed by atoms with van der Waals surface area (Å²) in [6.07, 6.45) is 0. The van der Waals surface area contributed by atoms with Gasteiger partial charge >= 0.3 is 0 Å². The fraction of sp³-hybridized carbons (Fsp3) is 0.278. The first-order valence-electron chi connectivity index (χ1n) is 7.69. The molecule has 0 saturated carbocycles. The highest BCUT2D eigenvalue weighted by molar-refractivity contribution is 6.03. The maximum atomic E-state index is 13.8. The maximum Gasteiger partial charge on any atom is 0.274 e. The second kappa shape index (κ2) is 5.70. The Bertz CT molecular complexity index is 924. The molecule has 6 heteroatoms. The number of hydrogen-bond donors (Lipinski definition) is 1. The smallest absolute Gasteiger partial charge is 0.274 e. The number of carbonyl (C=O) groups excluding carboxylic acids is 1. The van der Waals surface area contributed by atoms with Crippen molar-refractivity contribution in [1.82, 2.24) is 14.6 Å². The molecule has 0 spiro atoms. The number of rotatable bonds is 2. The van der Waals surface area contributed by atoms with Crippen molar-refractivity contribution in [3.63, 3.8) is 0 Å². The molecule has 1 amide bonds. The van der Waals surface area contributed by atoms with Gasteiger partial charge in [-0.3, -0.25) is 4.79 Å². The van der Waals surface area contributed by atoms with Crippen LogP contribution in [0.15, 0.2) is 36.4 Å². The lowest BCUT2D eigenvalue weighted by atomic mass is 9.93. The van der Waals surface area contributed by atoms with Crippen molar-refractivity contribution in [3.05, 3.63) is 59.3 Å². The Labute approximate surface area is 139 Å². The molecule has 124 valence electrons. The molecule has 3 aromatic rings. The molecule has 3 rings (SSSR count). The van der Waals surface area contributed by atoms with Crippen LogP contribution in [0.2, 0.25) is 0 Å². The summed E-state index contributed by atoms with van der Waals surface area (Å²) in [5.74, 6) is -0.914. The van der Waals surface area contributed by atoms with E-state index in [9.17, 15) is 9.18 Å². The number of benzene rings is 1. The van der Waals surface area contributed by atoms with E-state index in [0.717, 1.165) is 5.69 Å². The van der Waals surface area contributed by atoms with Gasteiger partial charge in [0, 0.05) is 17.2 Å². The first kappa shape index (κ1) is 16.1. The zero-order chi connectivity index (χ0) is 17.5. The third-order valence-electron chi connectivity index (χ3n) is 3.68. The second-order valence-corrected chi connectivity index (χ2v) is 6.77. The molecule has 24 heavy (non-hydrogen) atoms. The molecule has 0 bridgehead atoms. The van der Waals surface area contributed by atoms with Gasteiger partial charge in [-0.05, 0) is 25.1 Å². The summed E-state index contributed by atoms with van der Waals surface area (Å²) >= 11 is 0. The topological polar surface area (TPSA) is 59.3 Å². The van der Waals surface area contributed by atoms with Crippen LogP contribution in [-0.2, 0) is 5.41 Å². The van der Waals surface area contributed by atoms with E-state index in [4.69, 9.17) is 0 Å². The van der Waals surface area contributed by atoms with Crippen LogP contribution in [0.1, 0.15) is 42.6 Å². The van der Waals surface area contributed by atoms with Crippen LogP contribution in [0.5, 0.6) is 0 Å². The minimum absolute atomic E-state index is 0.133. The number of nitrogens with zero attached hydrogens (tertiary/aromatic N) is 3. The fourth-order valence-corrected chi connectivity index (χ4v) is 2.38. The van der Waals surface area contributed by atoms with Gasteiger partial charge in [0.1, 0.15) is 11.5 Å². The summed E-state index contributed by atoms with van der Waals surface area (Å²) in [5, 5.41) is 7.10. The summed E-state index contributed by atoms with van der Waals surface area (Å²) in [7, 11) is 0. The van der Waals surface area contributed by atoms with Crippen LogP contribution >= 0.6 is 0 Å². The zero-order valence-corrected chi connectivity index (χ0v) is 14.1. The summed E-state index contributed by atoms with van der Waals surface area (Å²) in [5.41, 5.74) is 2.41. The molecule has 2 heterocycles. The highest BCUT2D eigenvalue weighted by Gasteiger charge is 2.21. The Morgan fingerprint density at radius 1 is 1.21 bits per heavy atom. The predicted molar refractivity (Wildman–Crippen MR) is 90.8 cm³/mol. The van der Waals surface area contributed by atoms with E-state index < -0.39 is 11.7 Å². The van der Waals surface area contributed by atoms with Gasteiger partial charge in [-0.15, -0.1) is 0 Å². The van der Waals surface area contributed by atoms with E-state index in [2.05, 4.69) is 15.4 Å². The largest absolute Gasteiger partial charge is 0.318 e. The fourth-order valence-electron chi connectivity index (χ4n) is 2.38. The van der Waals surface area contributed by atoms with Crippen LogP contribution in [-0.4, -0.2) is 20.5 Å². The van der Waals surface area contributed by atoms with E-state index in [1.807, 2.05) is 33.8 Å². The molecule has 1 N–H and O–H groups in total. The van der Waals surface area contributed by atoms with E-state index in [-0.39, 0.29) is 11.1 Å². The number of halogens is 1. The van der Waals surface area contributed by atoms with Gasteiger partial charge in [-0.1, -0.05) is 32.9 Å². The van der Waals surface area contributed by atoms with Crippen LogP contribution in [0, 0.1) is 12.7 Å². The van der Waals surface area contributed by atoms with E-state index >= 15 is 0 Å². The van der Waals surface area contributed by atoms with Crippen molar-refractivity contribution in [2.75, 3.05) is 5.32 Å². The first-order chi connectivity index (χ1) is 11.3. The lowest BCUT2D eigenvalue weighted by Gasteiger charge is -2.13. The van der Waals surface area contributed by atoms with Crippen LogP contribution < -0.4 is 5.32 Å². The number of fused-ring (bicyclic) bond motifs is 1. The van der Waals surface area contributed by atoms with Crippen LogP contribution in [0.3, 0.4) is 0 Å². The van der Waals surface area contributed by atoms with Crippen LogP contribution in [0.4, 0.5) is 10.1 Å². The van der Waals surface area contributed by atoms with Gasteiger partial charge in [0.05, 0.1) is 11.4 Å². The molecule has 2 aromatic heterocycles. The normalized spacial score (nSPS) is 11.7.